The summed E-state index contributed by atoms with van der Waals surface area (Å²) in [6.45, 7) is 1.92. The van der Waals surface area contributed by atoms with Crippen molar-refractivity contribution in [2.45, 2.75) is 19.3 Å². The third-order valence-corrected chi connectivity index (χ3v) is 5.91. The fourth-order valence-electron chi connectivity index (χ4n) is 3.95. The van der Waals surface area contributed by atoms with Crippen molar-refractivity contribution in [2.75, 3.05) is 5.32 Å². The standard InChI is InChI=1S/C21H18N2O3S/c1-21(19(26)23-20-22-7-8-27-20)11-14-9-15(12-24)17(25)10-16(14)18(21)13-5-3-2-4-6-13/h2-10,12,18,25H,11H2,1H3,(H,22,23,26)/t18-,21+/m0/s1. The van der Waals surface area contributed by atoms with Crippen molar-refractivity contribution in [1.29, 1.82) is 0 Å². The number of aldehydes is 1. The Balaban J connectivity index is 1.82. The van der Waals surface area contributed by atoms with Crippen molar-refractivity contribution in [3.05, 3.63) is 76.3 Å². The molecule has 2 N–H and O–H groups in total. The van der Waals surface area contributed by atoms with Gasteiger partial charge in [0.25, 0.3) is 0 Å². The van der Waals surface area contributed by atoms with Crippen LogP contribution >= 0.6 is 11.3 Å². The number of anilines is 1. The van der Waals surface area contributed by atoms with Crippen molar-refractivity contribution in [1.82, 2.24) is 4.98 Å². The molecule has 1 aromatic heterocycles. The Morgan fingerprint density at radius 1 is 1.33 bits per heavy atom. The Hall–Kier alpha value is -2.99. The number of phenols is 1. The van der Waals surface area contributed by atoms with Crippen LogP contribution in [0, 0.1) is 5.41 Å². The molecule has 2 atom stereocenters. The van der Waals surface area contributed by atoms with E-state index in [9.17, 15) is 14.7 Å². The summed E-state index contributed by atoms with van der Waals surface area (Å²) in [6.07, 6.45) is 2.76. The maximum atomic E-state index is 13.2. The van der Waals surface area contributed by atoms with Gasteiger partial charge < -0.3 is 10.4 Å². The van der Waals surface area contributed by atoms with E-state index in [4.69, 9.17) is 0 Å². The first-order valence-electron chi connectivity index (χ1n) is 8.60. The molecule has 0 spiro atoms. The van der Waals surface area contributed by atoms with Crippen molar-refractivity contribution in [3.8, 4) is 5.75 Å². The Kier molecular flexibility index (Phi) is 4.28. The van der Waals surface area contributed by atoms with Crippen LogP contribution in [0.1, 0.15) is 39.9 Å². The maximum absolute atomic E-state index is 13.2. The lowest BCUT2D eigenvalue weighted by Gasteiger charge is -2.30. The fourth-order valence-corrected chi connectivity index (χ4v) is 4.48. The second-order valence-corrected chi connectivity index (χ2v) is 7.85. The highest BCUT2D eigenvalue weighted by atomic mass is 32.1. The van der Waals surface area contributed by atoms with Crippen LogP contribution in [0.3, 0.4) is 0 Å². The van der Waals surface area contributed by atoms with Crippen LogP contribution in [0.2, 0.25) is 0 Å². The van der Waals surface area contributed by atoms with E-state index in [1.807, 2.05) is 42.6 Å². The summed E-state index contributed by atoms with van der Waals surface area (Å²) in [5, 5.41) is 15.5. The van der Waals surface area contributed by atoms with E-state index in [1.54, 1.807) is 18.3 Å². The molecule has 1 aliphatic rings. The number of amides is 1. The van der Waals surface area contributed by atoms with E-state index >= 15 is 0 Å². The molecule has 136 valence electrons. The summed E-state index contributed by atoms with van der Waals surface area (Å²) < 4.78 is 0. The molecule has 3 aromatic rings. The number of rotatable bonds is 4. The first kappa shape index (κ1) is 17.4. The molecule has 1 aliphatic carbocycles. The quantitative estimate of drug-likeness (QED) is 0.673. The molecule has 0 unspecified atom stereocenters. The summed E-state index contributed by atoms with van der Waals surface area (Å²) in [5.74, 6) is -0.427. The van der Waals surface area contributed by atoms with Crippen LogP contribution in [-0.2, 0) is 11.2 Å². The third kappa shape index (κ3) is 2.92. The largest absolute Gasteiger partial charge is 0.507 e. The van der Waals surface area contributed by atoms with Gasteiger partial charge in [-0.3, -0.25) is 9.59 Å². The van der Waals surface area contributed by atoms with Gasteiger partial charge in [0.2, 0.25) is 5.91 Å². The lowest BCUT2D eigenvalue weighted by molar-refractivity contribution is -0.125. The number of fused-ring (bicyclic) bond motifs is 1. The molecule has 0 aliphatic heterocycles. The van der Waals surface area contributed by atoms with Gasteiger partial charge in [0.15, 0.2) is 11.4 Å². The van der Waals surface area contributed by atoms with Gasteiger partial charge in [-0.1, -0.05) is 30.3 Å². The van der Waals surface area contributed by atoms with Gasteiger partial charge in [0.1, 0.15) is 5.75 Å². The minimum atomic E-state index is -0.774. The van der Waals surface area contributed by atoms with E-state index in [0.717, 1.165) is 16.7 Å². The zero-order valence-electron chi connectivity index (χ0n) is 14.7. The first-order chi connectivity index (χ1) is 13.0. The molecule has 1 amide bonds. The number of aromatic nitrogens is 1. The van der Waals surface area contributed by atoms with Crippen LogP contribution in [0.5, 0.6) is 5.75 Å². The van der Waals surface area contributed by atoms with Gasteiger partial charge in [-0.15, -0.1) is 11.3 Å². The van der Waals surface area contributed by atoms with Crippen molar-refractivity contribution >= 4 is 28.7 Å². The number of aromatic hydroxyl groups is 1. The number of benzene rings is 2. The second kappa shape index (κ2) is 6.63. The maximum Gasteiger partial charge on any atom is 0.233 e. The van der Waals surface area contributed by atoms with Gasteiger partial charge in [-0.25, -0.2) is 4.98 Å². The van der Waals surface area contributed by atoms with Gasteiger partial charge in [-0.2, -0.15) is 0 Å². The normalized spacial score (nSPS) is 20.9. The Labute approximate surface area is 160 Å². The SMILES string of the molecule is C[C@@]1(C(=O)Nc2nccs2)Cc2cc(C=O)c(O)cc2[C@@H]1c1ccccc1. The molecule has 0 saturated carbocycles. The van der Waals surface area contributed by atoms with Gasteiger partial charge in [0.05, 0.1) is 11.0 Å². The second-order valence-electron chi connectivity index (χ2n) is 6.96. The summed E-state index contributed by atoms with van der Waals surface area (Å²) in [6, 6.07) is 13.1. The van der Waals surface area contributed by atoms with Crippen molar-refractivity contribution < 1.29 is 14.7 Å². The average molecular weight is 378 g/mol. The molecular weight excluding hydrogens is 360 g/mol. The number of hydrogen-bond donors (Lipinski definition) is 2. The number of phenolic OH excluding ortho intramolecular Hbond substituents is 1. The third-order valence-electron chi connectivity index (χ3n) is 5.23. The van der Waals surface area contributed by atoms with Crippen LogP contribution < -0.4 is 5.32 Å². The van der Waals surface area contributed by atoms with Crippen molar-refractivity contribution in [3.63, 3.8) is 0 Å². The average Bonchev–Trinajstić information content (AvgIpc) is 3.27. The number of thiazole rings is 1. The summed E-state index contributed by atoms with van der Waals surface area (Å²) in [7, 11) is 0. The molecule has 4 rings (SSSR count). The van der Waals surface area contributed by atoms with Gasteiger partial charge >= 0.3 is 0 Å². The predicted molar refractivity (Wildman–Crippen MR) is 104 cm³/mol. The lowest BCUT2D eigenvalue weighted by Crippen LogP contribution is -2.37. The zero-order chi connectivity index (χ0) is 19.0. The van der Waals surface area contributed by atoms with Crippen molar-refractivity contribution in [2.24, 2.45) is 5.41 Å². The highest BCUT2D eigenvalue weighted by Gasteiger charge is 2.49. The highest BCUT2D eigenvalue weighted by molar-refractivity contribution is 7.13. The lowest BCUT2D eigenvalue weighted by atomic mass is 9.73. The minimum Gasteiger partial charge on any atom is -0.507 e. The summed E-state index contributed by atoms with van der Waals surface area (Å²) in [4.78, 5) is 28.6. The smallest absolute Gasteiger partial charge is 0.233 e. The van der Waals surface area contributed by atoms with Gasteiger partial charge in [0, 0.05) is 17.5 Å². The number of hydrogen-bond acceptors (Lipinski definition) is 5. The minimum absolute atomic E-state index is 0.0609. The molecule has 5 nitrogen and oxygen atoms in total. The first-order valence-corrected chi connectivity index (χ1v) is 9.48. The zero-order valence-corrected chi connectivity index (χ0v) is 15.5. The van der Waals surface area contributed by atoms with Crippen LogP contribution in [-0.4, -0.2) is 22.3 Å². The Morgan fingerprint density at radius 2 is 2.11 bits per heavy atom. The number of carbonyl (C=O) groups excluding carboxylic acids is 2. The van der Waals surface area contributed by atoms with E-state index in [0.29, 0.717) is 17.8 Å². The molecule has 0 saturated heterocycles. The van der Waals surface area contributed by atoms with E-state index in [2.05, 4.69) is 10.3 Å². The van der Waals surface area contributed by atoms with Crippen LogP contribution in [0.4, 0.5) is 5.13 Å². The Morgan fingerprint density at radius 3 is 2.78 bits per heavy atom. The molecule has 2 aromatic carbocycles. The molecule has 6 heteroatoms. The number of nitrogens with zero attached hydrogens (tertiary/aromatic N) is 1. The molecular formula is C21H18N2O3S. The van der Waals surface area contributed by atoms with E-state index < -0.39 is 5.41 Å². The molecule has 0 fully saturated rings. The molecule has 0 bridgehead atoms. The summed E-state index contributed by atoms with van der Waals surface area (Å²) >= 11 is 1.37. The van der Waals surface area contributed by atoms with E-state index in [1.165, 1.54) is 11.3 Å². The Bertz CT molecular complexity index is 1000. The molecule has 0 radical (unpaired) electrons. The predicted octanol–water partition coefficient (Wildman–Crippen LogP) is 3.99. The topological polar surface area (TPSA) is 79.3 Å². The molecule has 27 heavy (non-hydrogen) atoms. The summed E-state index contributed by atoms with van der Waals surface area (Å²) in [5.41, 5.74) is 2.24. The van der Waals surface area contributed by atoms with Gasteiger partial charge in [-0.05, 0) is 42.2 Å². The highest BCUT2D eigenvalue weighted by Crippen LogP contribution is 2.52. The van der Waals surface area contributed by atoms with Crippen LogP contribution in [0.15, 0.2) is 54.0 Å². The van der Waals surface area contributed by atoms with E-state index in [-0.39, 0.29) is 23.1 Å². The van der Waals surface area contributed by atoms with Crippen LogP contribution in [0.25, 0.3) is 0 Å². The number of carbonyl (C=O) groups is 2. The number of nitrogens with one attached hydrogen (secondary N) is 1. The molecule has 1 heterocycles. The fraction of sp³-hybridized carbons (Fsp3) is 0.190. The monoisotopic (exact) mass is 378 g/mol.